The van der Waals surface area contributed by atoms with Crippen LogP contribution in [0.2, 0.25) is 0 Å². The third-order valence-electron chi connectivity index (χ3n) is 3.70. The summed E-state index contributed by atoms with van der Waals surface area (Å²) in [5.74, 6) is 0.621. The highest BCUT2D eigenvalue weighted by Crippen LogP contribution is 2.22. The van der Waals surface area contributed by atoms with Gasteiger partial charge in [0.2, 0.25) is 0 Å². The van der Waals surface area contributed by atoms with Gasteiger partial charge < -0.3 is 4.90 Å². The lowest BCUT2D eigenvalue weighted by atomic mass is 9.89. The van der Waals surface area contributed by atoms with Gasteiger partial charge in [-0.05, 0) is 63.2 Å². The molecule has 1 fully saturated rings. The molecule has 1 aliphatic rings. The number of hydrogen-bond donors (Lipinski definition) is 0. The molecule has 0 N–H and O–H groups in total. The summed E-state index contributed by atoms with van der Waals surface area (Å²) in [6, 6.07) is 5.86. The normalized spacial score (nSPS) is 16.7. The Kier molecular flexibility index (Phi) is 7.49. The van der Waals surface area contributed by atoms with E-state index in [-0.39, 0.29) is 29.9 Å². The van der Waals surface area contributed by atoms with Crippen molar-refractivity contribution < 1.29 is 9.18 Å². The number of hydrogen-bond acceptors (Lipinski definition) is 2. The van der Waals surface area contributed by atoms with Crippen molar-refractivity contribution in [1.29, 1.82) is 0 Å². The van der Waals surface area contributed by atoms with Crippen LogP contribution < -0.4 is 0 Å². The maximum absolute atomic E-state index is 12.8. The molecule has 0 unspecified atom stereocenters. The van der Waals surface area contributed by atoms with Crippen molar-refractivity contribution in [3.63, 3.8) is 0 Å². The Morgan fingerprint density at radius 3 is 2.40 bits per heavy atom. The first-order valence-corrected chi connectivity index (χ1v) is 7.32. The summed E-state index contributed by atoms with van der Waals surface area (Å²) in [4.78, 5) is 14.6. The number of carbonyl (C=O) groups excluding carboxylic acids is 1. The standard InChI is InChI=1S/C15H19ClFNO.ClH/c16-8-1-9-18-10-6-13(7-11-18)15(19)12-2-4-14(17)5-3-12;/h2-5,13H,1,6-11H2;1H. The molecular weight excluding hydrogens is 300 g/mol. The van der Waals surface area contributed by atoms with E-state index in [0.29, 0.717) is 11.4 Å². The number of nitrogens with zero attached hydrogens (tertiary/aromatic N) is 1. The van der Waals surface area contributed by atoms with Crippen molar-refractivity contribution in [2.45, 2.75) is 19.3 Å². The lowest BCUT2D eigenvalue weighted by molar-refractivity contribution is 0.0840. The molecule has 1 saturated heterocycles. The summed E-state index contributed by atoms with van der Waals surface area (Å²) < 4.78 is 12.8. The number of benzene rings is 1. The van der Waals surface area contributed by atoms with Crippen LogP contribution in [0.1, 0.15) is 29.6 Å². The number of rotatable bonds is 5. The van der Waals surface area contributed by atoms with E-state index < -0.39 is 0 Å². The fourth-order valence-corrected chi connectivity index (χ4v) is 2.67. The van der Waals surface area contributed by atoms with E-state index in [0.717, 1.165) is 38.9 Å². The first kappa shape index (κ1) is 17.4. The van der Waals surface area contributed by atoms with Crippen molar-refractivity contribution in [2.24, 2.45) is 5.92 Å². The van der Waals surface area contributed by atoms with Crippen molar-refractivity contribution >= 4 is 29.8 Å². The molecule has 0 aromatic heterocycles. The van der Waals surface area contributed by atoms with Gasteiger partial charge in [0.25, 0.3) is 0 Å². The Labute approximate surface area is 130 Å². The van der Waals surface area contributed by atoms with E-state index in [1.807, 2.05) is 0 Å². The predicted octanol–water partition coefficient (Wildman–Crippen LogP) is 3.77. The largest absolute Gasteiger partial charge is 0.303 e. The number of likely N-dealkylation sites (tertiary alicyclic amines) is 1. The minimum absolute atomic E-state index is 0. The molecule has 1 aromatic rings. The maximum atomic E-state index is 12.8. The van der Waals surface area contributed by atoms with Gasteiger partial charge in [0.05, 0.1) is 0 Å². The number of Topliss-reactive ketones (excluding diaryl/α,β-unsaturated/α-hetero) is 1. The monoisotopic (exact) mass is 319 g/mol. The number of alkyl halides is 1. The van der Waals surface area contributed by atoms with E-state index in [1.54, 1.807) is 12.1 Å². The van der Waals surface area contributed by atoms with Crippen LogP contribution in [0.4, 0.5) is 4.39 Å². The molecule has 1 aliphatic heterocycles. The van der Waals surface area contributed by atoms with Gasteiger partial charge in [0, 0.05) is 17.4 Å². The van der Waals surface area contributed by atoms with E-state index >= 15 is 0 Å². The van der Waals surface area contributed by atoms with Gasteiger partial charge in [0.1, 0.15) is 5.82 Å². The van der Waals surface area contributed by atoms with Crippen LogP contribution in [-0.2, 0) is 0 Å². The minimum Gasteiger partial charge on any atom is -0.303 e. The number of carbonyl (C=O) groups is 1. The quantitative estimate of drug-likeness (QED) is 0.608. The molecule has 0 saturated carbocycles. The first-order valence-electron chi connectivity index (χ1n) is 6.79. The Hall–Kier alpha value is -0.640. The molecule has 2 nitrogen and oxygen atoms in total. The van der Waals surface area contributed by atoms with Crippen LogP contribution in [-0.4, -0.2) is 36.2 Å². The molecule has 2 rings (SSSR count). The maximum Gasteiger partial charge on any atom is 0.166 e. The van der Waals surface area contributed by atoms with E-state index in [4.69, 9.17) is 11.6 Å². The summed E-state index contributed by atoms with van der Waals surface area (Å²) in [7, 11) is 0. The summed E-state index contributed by atoms with van der Waals surface area (Å²) in [6.45, 7) is 2.92. The Balaban J connectivity index is 0.00000200. The summed E-state index contributed by atoms with van der Waals surface area (Å²) >= 11 is 5.68. The number of piperidine rings is 1. The molecule has 5 heteroatoms. The number of halogens is 3. The third-order valence-corrected chi connectivity index (χ3v) is 3.96. The molecule has 0 aliphatic carbocycles. The van der Waals surface area contributed by atoms with Gasteiger partial charge in [0.15, 0.2) is 5.78 Å². The lowest BCUT2D eigenvalue weighted by Gasteiger charge is -2.31. The molecular formula is C15H20Cl2FNO. The Morgan fingerprint density at radius 1 is 1.25 bits per heavy atom. The zero-order chi connectivity index (χ0) is 13.7. The molecule has 0 amide bonds. The smallest absolute Gasteiger partial charge is 0.166 e. The molecule has 0 radical (unpaired) electrons. The van der Waals surface area contributed by atoms with Crippen molar-refractivity contribution in [1.82, 2.24) is 4.90 Å². The fraction of sp³-hybridized carbons (Fsp3) is 0.533. The summed E-state index contributed by atoms with van der Waals surface area (Å²) in [5.41, 5.74) is 0.626. The average molecular weight is 320 g/mol. The van der Waals surface area contributed by atoms with Gasteiger partial charge in [-0.25, -0.2) is 4.39 Å². The molecule has 1 heterocycles. The second-order valence-electron chi connectivity index (χ2n) is 5.03. The Bertz CT molecular complexity index is 416. The zero-order valence-electron chi connectivity index (χ0n) is 11.4. The van der Waals surface area contributed by atoms with Gasteiger partial charge >= 0.3 is 0 Å². The molecule has 112 valence electrons. The van der Waals surface area contributed by atoms with Gasteiger partial charge in [-0.3, -0.25) is 4.79 Å². The van der Waals surface area contributed by atoms with E-state index in [2.05, 4.69) is 4.90 Å². The van der Waals surface area contributed by atoms with Gasteiger partial charge in [-0.1, -0.05) is 0 Å². The number of ketones is 1. The highest BCUT2D eigenvalue weighted by molar-refractivity contribution is 6.17. The van der Waals surface area contributed by atoms with E-state index in [1.165, 1.54) is 12.1 Å². The van der Waals surface area contributed by atoms with Crippen LogP contribution in [0.25, 0.3) is 0 Å². The zero-order valence-corrected chi connectivity index (χ0v) is 12.9. The van der Waals surface area contributed by atoms with Crippen molar-refractivity contribution in [2.75, 3.05) is 25.5 Å². The molecule has 20 heavy (non-hydrogen) atoms. The molecule has 0 atom stereocenters. The van der Waals surface area contributed by atoms with Gasteiger partial charge in [-0.2, -0.15) is 0 Å². The van der Waals surface area contributed by atoms with Crippen molar-refractivity contribution in [3.8, 4) is 0 Å². The van der Waals surface area contributed by atoms with Crippen LogP contribution in [0.15, 0.2) is 24.3 Å². The topological polar surface area (TPSA) is 20.3 Å². The molecule has 0 bridgehead atoms. The highest BCUT2D eigenvalue weighted by atomic mass is 35.5. The highest BCUT2D eigenvalue weighted by Gasteiger charge is 2.25. The van der Waals surface area contributed by atoms with Crippen LogP contribution in [0.5, 0.6) is 0 Å². The summed E-state index contributed by atoms with van der Waals surface area (Å²) in [6.07, 6.45) is 2.77. The van der Waals surface area contributed by atoms with Crippen molar-refractivity contribution in [3.05, 3.63) is 35.6 Å². The van der Waals surface area contributed by atoms with Crippen LogP contribution in [0.3, 0.4) is 0 Å². The third kappa shape index (κ3) is 4.72. The van der Waals surface area contributed by atoms with Crippen LogP contribution >= 0.6 is 24.0 Å². The predicted molar refractivity (Wildman–Crippen MR) is 82.5 cm³/mol. The second kappa shape index (κ2) is 8.60. The SMILES string of the molecule is Cl.O=C(c1ccc(F)cc1)C1CCN(CCCCl)CC1. The average Bonchev–Trinajstić information content (AvgIpc) is 2.46. The first-order chi connectivity index (χ1) is 9.20. The van der Waals surface area contributed by atoms with E-state index in [9.17, 15) is 9.18 Å². The molecule has 0 spiro atoms. The second-order valence-corrected chi connectivity index (χ2v) is 5.41. The summed E-state index contributed by atoms with van der Waals surface area (Å²) in [5, 5.41) is 0. The Morgan fingerprint density at radius 2 is 1.85 bits per heavy atom. The van der Waals surface area contributed by atoms with Gasteiger partial charge in [-0.15, -0.1) is 24.0 Å². The lowest BCUT2D eigenvalue weighted by Crippen LogP contribution is -2.37. The fourth-order valence-electron chi connectivity index (χ4n) is 2.55. The minimum atomic E-state index is -0.299. The van der Waals surface area contributed by atoms with Crippen LogP contribution in [0, 0.1) is 11.7 Å². The molecule has 1 aromatic carbocycles.